The van der Waals surface area contributed by atoms with Gasteiger partial charge >= 0.3 is 0 Å². The number of hydrogen-bond donors (Lipinski definition) is 0. The molecule has 0 unspecified atom stereocenters. The molecule has 4 rings (SSSR count). The summed E-state index contributed by atoms with van der Waals surface area (Å²) in [6, 6.07) is 26.0. The van der Waals surface area contributed by atoms with E-state index in [1.807, 2.05) is 0 Å². The van der Waals surface area contributed by atoms with Crippen LogP contribution in [-0.2, 0) is 29.8 Å². The monoisotopic (exact) mass is 612 g/mol. The Bertz CT molecular complexity index is 1300. The predicted octanol–water partition coefficient (Wildman–Crippen LogP) is 4.90. The highest BCUT2D eigenvalue weighted by molar-refractivity contribution is 6.93. The van der Waals surface area contributed by atoms with Gasteiger partial charge in [0.2, 0.25) is 0 Å². The third-order valence-corrected chi connectivity index (χ3v) is 13.1. The lowest BCUT2D eigenvalue weighted by Crippen LogP contribution is -2.56. The molecule has 0 amide bonds. The van der Waals surface area contributed by atoms with Crippen LogP contribution in [0.25, 0.3) is 0 Å². The van der Waals surface area contributed by atoms with E-state index < -0.39 is 18.1 Å². The van der Waals surface area contributed by atoms with Crippen LogP contribution >= 0.6 is 0 Å². The minimum atomic E-state index is -1.92. The first-order chi connectivity index (χ1) is 20.9. The molecule has 0 saturated carbocycles. The van der Waals surface area contributed by atoms with Gasteiger partial charge in [-0.1, -0.05) is 76.2 Å². The second-order valence-corrected chi connectivity index (χ2v) is 14.6. The van der Waals surface area contributed by atoms with Crippen LogP contribution in [0.15, 0.2) is 72.8 Å². The van der Waals surface area contributed by atoms with Crippen molar-refractivity contribution >= 4 is 38.8 Å². The molecule has 7 heteroatoms. The van der Waals surface area contributed by atoms with Crippen molar-refractivity contribution in [1.29, 1.82) is 0 Å². The lowest BCUT2D eigenvalue weighted by molar-refractivity contribution is 0.413. The van der Waals surface area contributed by atoms with E-state index in [1.165, 1.54) is 22.3 Å². The highest BCUT2D eigenvalue weighted by Gasteiger charge is 2.35. The molecule has 0 fully saturated rings. The third-order valence-electron chi connectivity index (χ3n) is 7.88. The molecule has 0 aliphatic carbocycles. The van der Waals surface area contributed by atoms with Crippen LogP contribution in [0.3, 0.4) is 0 Å². The summed E-state index contributed by atoms with van der Waals surface area (Å²) in [4.78, 5) is 0. The molecule has 4 aromatic carbocycles. The van der Waals surface area contributed by atoms with Crippen molar-refractivity contribution in [2.75, 3.05) is 28.4 Å². The van der Waals surface area contributed by atoms with Crippen LogP contribution < -0.4 is 39.7 Å². The smallest absolute Gasteiger partial charge is 0.280 e. The van der Waals surface area contributed by atoms with E-state index in [1.54, 1.807) is 28.4 Å². The molecule has 0 heterocycles. The summed E-state index contributed by atoms with van der Waals surface area (Å²) in [6.45, 7) is 8.62. The molecule has 0 aliphatic heterocycles. The number of benzene rings is 4. The van der Waals surface area contributed by atoms with E-state index >= 15 is 0 Å². The van der Waals surface area contributed by atoms with Gasteiger partial charge in [-0.05, 0) is 72.2 Å². The average molecular weight is 613 g/mol. The second kappa shape index (κ2) is 15.3. The standard InChI is InChI=1S/C36H44O5Si2/c1-9-25-13-17-33(29(21-25)37-5)42(34-18-14-26(10-2)22-30(34)38-6)41-43(35-19-15-27(11-3)23-31(35)39-7)36-20-16-28(12-4)24-32(36)40-8/h13-24H,9-12H2,1-8H3. The molecule has 5 nitrogen and oxygen atoms in total. The Balaban J connectivity index is 2.01. The zero-order chi connectivity index (χ0) is 30.9. The van der Waals surface area contributed by atoms with Crippen LogP contribution in [0.4, 0.5) is 0 Å². The quantitative estimate of drug-likeness (QED) is 0.190. The Morgan fingerprint density at radius 1 is 0.395 bits per heavy atom. The summed E-state index contributed by atoms with van der Waals surface area (Å²) in [7, 11) is 3.10. The first-order valence-electron chi connectivity index (χ1n) is 15.1. The fourth-order valence-corrected chi connectivity index (χ4v) is 10.9. The number of aryl methyl sites for hydroxylation is 4. The first-order valence-corrected chi connectivity index (χ1v) is 17.9. The Morgan fingerprint density at radius 2 is 0.628 bits per heavy atom. The molecule has 43 heavy (non-hydrogen) atoms. The Hall–Kier alpha value is -3.53. The fourth-order valence-electron chi connectivity index (χ4n) is 5.18. The topological polar surface area (TPSA) is 46.2 Å². The van der Waals surface area contributed by atoms with Gasteiger partial charge in [-0.15, -0.1) is 0 Å². The number of methoxy groups -OCH3 is 4. The molecule has 0 atom stereocenters. The zero-order valence-electron chi connectivity index (χ0n) is 26.8. The van der Waals surface area contributed by atoms with Crippen molar-refractivity contribution in [3.63, 3.8) is 0 Å². The summed E-state index contributed by atoms with van der Waals surface area (Å²) in [5.74, 6) is 3.33. The zero-order valence-corrected chi connectivity index (χ0v) is 28.8. The number of hydrogen-bond acceptors (Lipinski definition) is 5. The molecule has 0 aliphatic rings. The highest BCUT2D eigenvalue weighted by Crippen LogP contribution is 2.22. The van der Waals surface area contributed by atoms with Crippen molar-refractivity contribution in [1.82, 2.24) is 0 Å². The van der Waals surface area contributed by atoms with Gasteiger partial charge in [0.1, 0.15) is 23.0 Å². The van der Waals surface area contributed by atoms with E-state index in [2.05, 4.69) is 100 Å². The van der Waals surface area contributed by atoms with Crippen LogP contribution in [0, 0.1) is 0 Å². The van der Waals surface area contributed by atoms with Gasteiger partial charge in [-0.25, -0.2) is 0 Å². The van der Waals surface area contributed by atoms with E-state index in [0.717, 1.165) is 69.4 Å². The van der Waals surface area contributed by atoms with E-state index in [4.69, 9.17) is 23.1 Å². The summed E-state index contributed by atoms with van der Waals surface area (Å²) in [5, 5.41) is 4.18. The average Bonchev–Trinajstić information content (AvgIpc) is 3.07. The van der Waals surface area contributed by atoms with Crippen molar-refractivity contribution < 1.29 is 23.1 Å². The van der Waals surface area contributed by atoms with Gasteiger partial charge < -0.3 is 23.1 Å². The van der Waals surface area contributed by atoms with Crippen molar-refractivity contribution in [3.05, 3.63) is 95.1 Å². The van der Waals surface area contributed by atoms with Crippen molar-refractivity contribution in [3.8, 4) is 23.0 Å². The van der Waals surface area contributed by atoms with E-state index in [-0.39, 0.29) is 0 Å². The Morgan fingerprint density at radius 3 is 0.814 bits per heavy atom. The number of rotatable bonds is 14. The first kappa shape index (κ1) is 32.4. The van der Waals surface area contributed by atoms with Gasteiger partial charge in [0.15, 0.2) is 0 Å². The van der Waals surface area contributed by atoms with Gasteiger partial charge in [-0.3, -0.25) is 0 Å². The lowest BCUT2D eigenvalue weighted by atomic mass is 10.1. The maximum absolute atomic E-state index is 7.54. The van der Waals surface area contributed by atoms with Crippen molar-refractivity contribution in [2.24, 2.45) is 0 Å². The number of ether oxygens (including phenoxy) is 4. The van der Waals surface area contributed by atoms with Crippen LogP contribution in [0.5, 0.6) is 23.0 Å². The Kier molecular flexibility index (Phi) is 11.5. The maximum atomic E-state index is 7.54. The molecular weight excluding hydrogens is 569 g/mol. The summed E-state index contributed by atoms with van der Waals surface area (Å²) in [6.07, 6.45) is 3.69. The normalized spacial score (nSPS) is 11.2. The van der Waals surface area contributed by atoms with Gasteiger partial charge in [0, 0.05) is 20.7 Å². The highest BCUT2D eigenvalue weighted by atomic mass is 28.4. The summed E-state index contributed by atoms with van der Waals surface area (Å²) >= 11 is 0. The second-order valence-electron chi connectivity index (χ2n) is 10.3. The molecule has 0 aromatic heterocycles. The van der Waals surface area contributed by atoms with Crippen LogP contribution in [0.1, 0.15) is 49.9 Å². The fraction of sp³-hybridized carbons (Fsp3) is 0.333. The Labute approximate surface area is 261 Å². The van der Waals surface area contributed by atoms with Gasteiger partial charge in [-0.2, -0.15) is 0 Å². The third kappa shape index (κ3) is 7.17. The molecule has 0 bridgehead atoms. The minimum absolute atomic E-state index is 0.831. The van der Waals surface area contributed by atoms with Crippen LogP contribution in [0.2, 0.25) is 0 Å². The largest absolute Gasteiger partial charge is 0.497 e. The molecule has 226 valence electrons. The molecule has 4 aromatic rings. The van der Waals surface area contributed by atoms with E-state index in [0.29, 0.717) is 0 Å². The molecule has 2 radical (unpaired) electrons. The molecule has 0 saturated heterocycles. The minimum Gasteiger partial charge on any atom is -0.497 e. The van der Waals surface area contributed by atoms with Crippen LogP contribution in [-0.4, -0.2) is 46.5 Å². The molecular formula is C36H44O5Si2. The molecule has 0 N–H and O–H groups in total. The molecule has 0 spiro atoms. The predicted molar refractivity (Wildman–Crippen MR) is 181 cm³/mol. The van der Waals surface area contributed by atoms with Gasteiger partial charge in [0.25, 0.3) is 18.1 Å². The lowest BCUT2D eigenvalue weighted by Gasteiger charge is -2.28. The van der Waals surface area contributed by atoms with Crippen molar-refractivity contribution in [2.45, 2.75) is 53.4 Å². The SMILES string of the molecule is CCc1ccc([Si](O[Si](c2ccc(CC)cc2OC)c2ccc(CC)cc2OC)c2ccc(CC)cc2OC)c(OC)c1. The van der Waals surface area contributed by atoms with Gasteiger partial charge in [0.05, 0.1) is 28.4 Å². The summed E-state index contributed by atoms with van der Waals surface area (Å²) < 4.78 is 31.6. The summed E-state index contributed by atoms with van der Waals surface area (Å²) in [5.41, 5.74) is 4.87. The maximum Gasteiger partial charge on any atom is 0.280 e. The van der Waals surface area contributed by atoms with E-state index in [9.17, 15) is 0 Å².